The van der Waals surface area contributed by atoms with Crippen LogP contribution in [0.1, 0.15) is 32.8 Å². The van der Waals surface area contributed by atoms with Crippen molar-refractivity contribution in [1.82, 2.24) is 10.2 Å². The second-order valence-corrected chi connectivity index (χ2v) is 10.2. The van der Waals surface area contributed by atoms with Gasteiger partial charge in [-0.1, -0.05) is 54.9 Å². The molecule has 0 heterocycles. The third-order valence-electron chi connectivity index (χ3n) is 4.79. The van der Waals surface area contributed by atoms with E-state index in [0.717, 1.165) is 16.1 Å². The summed E-state index contributed by atoms with van der Waals surface area (Å²) in [7, 11) is -3.78. The summed E-state index contributed by atoms with van der Waals surface area (Å²) in [4.78, 5) is 27.8. The molecule has 9 heteroatoms. The highest BCUT2D eigenvalue weighted by Crippen LogP contribution is 2.23. The molecule has 0 aromatic heterocycles. The number of hydrogen-bond donors (Lipinski definition) is 1. The number of nitrogens with zero attached hydrogens (tertiary/aromatic N) is 2. The Bertz CT molecular complexity index is 1030. The molecule has 0 unspecified atom stereocenters. The van der Waals surface area contributed by atoms with Gasteiger partial charge < -0.3 is 10.2 Å². The molecule has 0 aliphatic rings. The van der Waals surface area contributed by atoms with Crippen LogP contribution in [0.25, 0.3) is 0 Å². The summed E-state index contributed by atoms with van der Waals surface area (Å²) in [5, 5.41) is 3.21. The topological polar surface area (TPSA) is 86.8 Å². The number of carbonyl (C=O) groups excluding carboxylic acids is 2. The molecule has 0 bridgehead atoms. The molecule has 1 N–H and O–H groups in total. The van der Waals surface area contributed by atoms with Gasteiger partial charge in [0.1, 0.15) is 12.6 Å². The van der Waals surface area contributed by atoms with Crippen LogP contribution in [-0.4, -0.2) is 50.0 Å². The van der Waals surface area contributed by atoms with E-state index in [0.29, 0.717) is 11.4 Å². The smallest absolute Gasteiger partial charge is 0.244 e. The summed E-state index contributed by atoms with van der Waals surface area (Å²) < 4.78 is 26.0. The maximum Gasteiger partial charge on any atom is 0.244 e. The number of sulfonamides is 1. The van der Waals surface area contributed by atoms with E-state index in [1.807, 2.05) is 51.1 Å². The standard InChI is InChI=1S/C23H30ClN3O4S/c1-5-21(23(29)25-17(2)3)26(15-18-10-7-6-8-11-18)22(28)16-27(32(4,30)31)20-13-9-12-19(24)14-20/h6-14,17,21H,5,15-16H2,1-4H3,(H,25,29)/t21-/m0/s1. The molecule has 0 fully saturated rings. The number of halogens is 1. The molecule has 174 valence electrons. The van der Waals surface area contributed by atoms with Crippen molar-refractivity contribution >= 4 is 39.1 Å². The quantitative estimate of drug-likeness (QED) is 0.565. The summed E-state index contributed by atoms with van der Waals surface area (Å²) in [5.41, 5.74) is 1.12. The molecule has 0 saturated carbocycles. The lowest BCUT2D eigenvalue weighted by Gasteiger charge is -2.33. The summed E-state index contributed by atoms with van der Waals surface area (Å²) in [6.07, 6.45) is 1.42. The molecule has 2 rings (SSSR count). The van der Waals surface area contributed by atoms with Gasteiger partial charge in [0.15, 0.2) is 0 Å². The van der Waals surface area contributed by atoms with E-state index in [1.54, 1.807) is 18.2 Å². The first-order valence-electron chi connectivity index (χ1n) is 10.4. The van der Waals surface area contributed by atoms with Crippen LogP contribution in [-0.2, 0) is 26.2 Å². The van der Waals surface area contributed by atoms with Crippen LogP contribution >= 0.6 is 11.6 Å². The van der Waals surface area contributed by atoms with Gasteiger partial charge in [-0.25, -0.2) is 8.42 Å². The van der Waals surface area contributed by atoms with Crippen molar-refractivity contribution in [3.8, 4) is 0 Å². The predicted octanol–water partition coefficient (Wildman–Crippen LogP) is 3.44. The minimum atomic E-state index is -3.78. The van der Waals surface area contributed by atoms with Gasteiger partial charge in [-0.2, -0.15) is 0 Å². The molecule has 2 amide bonds. The van der Waals surface area contributed by atoms with Crippen LogP contribution in [0.5, 0.6) is 0 Å². The van der Waals surface area contributed by atoms with Crippen molar-refractivity contribution < 1.29 is 18.0 Å². The van der Waals surface area contributed by atoms with E-state index in [-0.39, 0.29) is 24.2 Å². The van der Waals surface area contributed by atoms with Crippen LogP contribution in [0, 0.1) is 0 Å². The fourth-order valence-electron chi connectivity index (χ4n) is 3.33. The SMILES string of the molecule is CC[C@@H](C(=O)NC(C)C)N(Cc1ccccc1)C(=O)CN(c1cccc(Cl)c1)S(C)(=O)=O. The third kappa shape index (κ3) is 7.24. The Morgan fingerprint density at radius 2 is 1.72 bits per heavy atom. The third-order valence-corrected chi connectivity index (χ3v) is 6.16. The first-order valence-corrected chi connectivity index (χ1v) is 12.6. The Morgan fingerprint density at radius 1 is 1.06 bits per heavy atom. The van der Waals surface area contributed by atoms with Gasteiger partial charge in [0.25, 0.3) is 0 Å². The second kappa shape index (κ2) is 11.3. The van der Waals surface area contributed by atoms with Crippen LogP contribution in [0.2, 0.25) is 5.02 Å². The largest absolute Gasteiger partial charge is 0.352 e. The normalized spacial score (nSPS) is 12.3. The van der Waals surface area contributed by atoms with Crippen LogP contribution in [0.3, 0.4) is 0 Å². The monoisotopic (exact) mass is 479 g/mol. The van der Waals surface area contributed by atoms with Gasteiger partial charge in [-0.15, -0.1) is 0 Å². The van der Waals surface area contributed by atoms with E-state index in [1.165, 1.54) is 11.0 Å². The molecule has 2 aromatic carbocycles. The summed E-state index contributed by atoms with van der Waals surface area (Å²) in [6, 6.07) is 14.7. The van der Waals surface area contributed by atoms with Crippen molar-refractivity contribution in [3.63, 3.8) is 0 Å². The fourth-order valence-corrected chi connectivity index (χ4v) is 4.35. The van der Waals surface area contributed by atoms with E-state index < -0.39 is 28.5 Å². The highest BCUT2D eigenvalue weighted by Gasteiger charge is 2.31. The highest BCUT2D eigenvalue weighted by atomic mass is 35.5. The molecule has 0 radical (unpaired) electrons. The van der Waals surface area contributed by atoms with Gasteiger partial charge >= 0.3 is 0 Å². The zero-order valence-electron chi connectivity index (χ0n) is 18.8. The lowest BCUT2D eigenvalue weighted by atomic mass is 10.1. The molecule has 0 saturated heterocycles. The maximum absolute atomic E-state index is 13.5. The number of amides is 2. The fraction of sp³-hybridized carbons (Fsp3) is 0.391. The minimum Gasteiger partial charge on any atom is -0.352 e. The lowest BCUT2D eigenvalue weighted by Crippen LogP contribution is -2.53. The number of nitrogens with one attached hydrogen (secondary N) is 1. The average molecular weight is 480 g/mol. The Kier molecular flexibility index (Phi) is 9.09. The number of rotatable bonds is 10. The highest BCUT2D eigenvalue weighted by molar-refractivity contribution is 7.92. The molecule has 0 aliphatic carbocycles. The maximum atomic E-state index is 13.5. The van der Waals surface area contributed by atoms with Gasteiger partial charge in [-0.05, 0) is 44.0 Å². The molecule has 0 spiro atoms. The van der Waals surface area contributed by atoms with E-state index >= 15 is 0 Å². The Balaban J connectivity index is 2.41. The molecule has 7 nitrogen and oxygen atoms in total. The van der Waals surface area contributed by atoms with E-state index in [9.17, 15) is 18.0 Å². The second-order valence-electron chi connectivity index (χ2n) is 7.84. The summed E-state index contributed by atoms with van der Waals surface area (Å²) >= 11 is 6.04. The molecule has 32 heavy (non-hydrogen) atoms. The van der Waals surface area contributed by atoms with Crippen molar-refractivity contribution in [2.75, 3.05) is 17.1 Å². The van der Waals surface area contributed by atoms with Crippen LogP contribution in [0.15, 0.2) is 54.6 Å². The first kappa shape index (κ1) is 25.7. The Labute approximate surface area is 195 Å². The number of benzene rings is 2. The van der Waals surface area contributed by atoms with Crippen molar-refractivity contribution in [3.05, 3.63) is 65.2 Å². The van der Waals surface area contributed by atoms with Gasteiger partial charge in [0, 0.05) is 17.6 Å². The van der Waals surface area contributed by atoms with Gasteiger partial charge in [0.05, 0.1) is 11.9 Å². The zero-order valence-corrected chi connectivity index (χ0v) is 20.4. The molecule has 1 atom stereocenters. The summed E-state index contributed by atoms with van der Waals surface area (Å²) in [6.45, 7) is 5.24. The predicted molar refractivity (Wildman–Crippen MR) is 128 cm³/mol. The van der Waals surface area contributed by atoms with E-state index in [2.05, 4.69) is 5.32 Å². The molecule has 2 aromatic rings. The zero-order chi connectivity index (χ0) is 23.9. The van der Waals surface area contributed by atoms with Crippen LogP contribution < -0.4 is 9.62 Å². The average Bonchev–Trinajstić information content (AvgIpc) is 2.71. The Hall–Kier alpha value is -2.58. The first-order chi connectivity index (χ1) is 15.0. The van der Waals surface area contributed by atoms with Gasteiger partial charge in [0.2, 0.25) is 21.8 Å². The molecule has 0 aliphatic heterocycles. The number of hydrogen-bond acceptors (Lipinski definition) is 4. The van der Waals surface area contributed by atoms with Gasteiger partial charge in [-0.3, -0.25) is 13.9 Å². The van der Waals surface area contributed by atoms with Crippen molar-refractivity contribution in [1.29, 1.82) is 0 Å². The molecular weight excluding hydrogens is 450 g/mol. The number of carbonyl (C=O) groups is 2. The molecular formula is C23H30ClN3O4S. The minimum absolute atomic E-state index is 0.0933. The Morgan fingerprint density at radius 3 is 2.25 bits per heavy atom. The van der Waals surface area contributed by atoms with Crippen molar-refractivity contribution in [2.24, 2.45) is 0 Å². The van der Waals surface area contributed by atoms with Crippen molar-refractivity contribution in [2.45, 2.75) is 45.8 Å². The van der Waals surface area contributed by atoms with E-state index in [4.69, 9.17) is 11.6 Å². The summed E-state index contributed by atoms with van der Waals surface area (Å²) in [5.74, 6) is -0.759. The van der Waals surface area contributed by atoms with Crippen LogP contribution in [0.4, 0.5) is 5.69 Å². The lowest BCUT2D eigenvalue weighted by molar-refractivity contribution is -0.140. The number of anilines is 1.